The second kappa shape index (κ2) is 9.48. The van der Waals surface area contributed by atoms with Gasteiger partial charge in [-0.05, 0) is 43.2 Å². The Morgan fingerprint density at radius 1 is 0.900 bits per heavy atom. The number of likely N-dealkylation sites (N-methyl/N-ethyl adjacent to an activating group) is 1. The highest BCUT2D eigenvalue weighted by Gasteiger charge is 2.41. The summed E-state index contributed by atoms with van der Waals surface area (Å²) in [5.74, 6) is 0.546. The van der Waals surface area contributed by atoms with E-state index in [0.717, 1.165) is 18.5 Å². The number of carbonyl (C=O) groups is 2. The smallest absolute Gasteiger partial charge is 0.278 e. The van der Waals surface area contributed by atoms with Crippen LogP contribution >= 0.6 is 0 Å². The number of ether oxygens (including phenoxy) is 2. The summed E-state index contributed by atoms with van der Waals surface area (Å²) in [4.78, 5) is 30.1. The fraction of sp³-hybridized carbons (Fsp3) is 0.333. The molecule has 0 radical (unpaired) electrons. The molecule has 0 aromatic heterocycles. The van der Waals surface area contributed by atoms with E-state index in [1.54, 1.807) is 32.4 Å². The highest BCUT2D eigenvalue weighted by atomic mass is 16.5. The van der Waals surface area contributed by atoms with E-state index in [1.165, 1.54) is 4.90 Å². The molecule has 0 N–H and O–H groups in total. The van der Waals surface area contributed by atoms with Gasteiger partial charge in [-0.2, -0.15) is 0 Å². The summed E-state index contributed by atoms with van der Waals surface area (Å²) < 4.78 is 10.8. The van der Waals surface area contributed by atoms with E-state index in [4.69, 9.17) is 9.47 Å². The molecule has 1 aliphatic heterocycles. The van der Waals surface area contributed by atoms with Crippen molar-refractivity contribution in [2.75, 3.05) is 32.2 Å². The third-order valence-electron chi connectivity index (χ3n) is 5.21. The molecule has 158 valence electrons. The summed E-state index contributed by atoms with van der Waals surface area (Å²) >= 11 is 0. The Bertz CT molecular complexity index is 953. The van der Waals surface area contributed by atoms with Crippen molar-refractivity contribution >= 4 is 23.1 Å². The van der Waals surface area contributed by atoms with Gasteiger partial charge in [-0.25, -0.2) is 0 Å². The highest BCUT2D eigenvalue weighted by molar-refractivity contribution is 6.36. The predicted molar refractivity (Wildman–Crippen MR) is 118 cm³/mol. The SMILES string of the molecule is CCCCN1C(=O)C(c2ccc(OC)c(OC)c2)=C(N(CC)c2ccccc2)C1=O. The second-order valence-electron chi connectivity index (χ2n) is 6.99. The standard InChI is InChI=1S/C24H28N2O4/c1-5-7-15-26-23(27)21(17-13-14-19(29-3)20(16-17)30-4)22(24(26)28)25(6-2)18-11-9-8-10-12-18/h8-14,16H,5-7,15H2,1-4H3. The van der Waals surface area contributed by atoms with E-state index in [-0.39, 0.29) is 11.8 Å². The molecule has 1 aliphatic rings. The third-order valence-corrected chi connectivity index (χ3v) is 5.21. The van der Waals surface area contributed by atoms with Gasteiger partial charge in [0.2, 0.25) is 0 Å². The normalized spacial score (nSPS) is 13.8. The lowest BCUT2D eigenvalue weighted by Crippen LogP contribution is -2.36. The van der Waals surface area contributed by atoms with E-state index in [2.05, 4.69) is 0 Å². The van der Waals surface area contributed by atoms with Gasteiger partial charge in [0, 0.05) is 18.8 Å². The van der Waals surface area contributed by atoms with Crippen LogP contribution in [0, 0.1) is 0 Å². The van der Waals surface area contributed by atoms with Crippen LogP contribution in [0.3, 0.4) is 0 Å². The first-order chi connectivity index (χ1) is 14.6. The number of carbonyl (C=O) groups excluding carboxylic acids is 2. The van der Waals surface area contributed by atoms with Crippen LogP contribution < -0.4 is 14.4 Å². The molecule has 0 saturated heterocycles. The van der Waals surface area contributed by atoms with Gasteiger partial charge in [0.15, 0.2) is 11.5 Å². The van der Waals surface area contributed by atoms with Gasteiger partial charge in [0.25, 0.3) is 11.8 Å². The molecule has 0 bridgehead atoms. The first-order valence-corrected chi connectivity index (χ1v) is 10.2. The minimum Gasteiger partial charge on any atom is -0.493 e. The van der Waals surface area contributed by atoms with Crippen LogP contribution in [0.5, 0.6) is 11.5 Å². The molecule has 0 aliphatic carbocycles. The number of rotatable bonds is 9. The number of methoxy groups -OCH3 is 2. The van der Waals surface area contributed by atoms with E-state index < -0.39 is 0 Å². The number of benzene rings is 2. The molecule has 2 aromatic rings. The number of hydrogen-bond donors (Lipinski definition) is 0. The second-order valence-corrected chi connectivity index (χ2v) is 6.99. The van der Waals surface area contributed by atoms with Crippen LogP contribution in [0.4, 0.5) is 5.69 Å². The number of hydrogen-bond acceptors (Lipinski definition) is 5. The first-order valence-electron chi connectivity index (χ1n) is 10.2. The van der Waals surface area contributed by atoms with Crippen molar-refractivity contribution in [3.63, 3.8) is 0 Å². The summed E-state index contributed by atoms with van der Waals surface area (Å²) in [6, 6.07) is 14.9. The molecule has 2 aromatic carbocycles. The van der Waals surface area contributed by atoms with Crippen LogP contribution in [-0.4, -0.2) is 44.0 Å². The van der Waals surface area contributed by atoms with Gasteiger partial charge < -0.3 is 14.4 Å². The number of nitrogens with zero attached hydrogens (tertiary/aromatic N) is 2. The van der Waals surface area contributed by atoms with E-state index in [1.807, 2.05) is 49.1 Å². The Morgan fingerprint density at radius 3 is 2.20 bits per heavy atom. The molecule has 30 heavy (non-hydrogen) atoms. The van der Waals surface area contributed by atoms with Crippen molar-refractivity contribution in [2.24, 2.45) is 0 Å². The number of unbranched alkanes of at least 4 members (excludes halogenated alkanes) is 1. The minimum absolute atomic E-state index is 0.260. The summed E-state index contributed by atoms with van der Waals surface area (Å²) in [6.45, 7) is 4.97. The highest BCUT2D eigenvalue weighted by Crippen LogP contribution is 2.37. The van der Waals surface area contributed by atoms with Crippen LogP contribution in [-0.2, 0) is 9.59 Å². The molecule has 0 fully saturated rings. The number of anilines is 1. The Labute approximate surface area is 177 Å². The zero-order valence-electron chi connectivity index (χ0n) is 18.0. The molecule has 0 saturated carbocycles. The monoisotopic (exact) mass is 408 g/mol. The molecule has 6 nitrogen and oxygen atoms in total. The number of para-hydroxylation sites is 1. The zero-order chi connectivity index (χ0) is 21.7. The summed E-state index contributed by atoms with van der Waals surface area (Å²) in [7, 11) is 3.11. The molecule has 6 heteroatoms. The zero-order valence-corrected chi connectivity index (χ0v) is 18.0. The number of amides is 2. The predicted octanol–water partition coefficient (Wildman–Crippen LogP) is 4.11. The van der Waals surface area contributed by atoms with E-state index in [9.17, 15) is 9.59 Å². The van der Waals surface area contributed by atoms with Gasteiger partial charge in [-0.1, -0.05) is 37.6 Å². The van der Waals surface area contributed by atoms with Crippen LogP contribution in [0.25, 0.3) is 5.57 Å². The van der Waals surface area contributed by atoms with E-state index in [0.29, 0.717) is 41.4 Å². The summed E-state index contributed by atoms with van der Waals surface area (Å²) in [6.07, 6.45) is 1.66. The Hall–Kier alpha value is -3.28. The average Bonchev–Trinajstić information content (AvgIpc) is 3.02. The van der Waals surface area contributed by atoms with Crippen LogP contribution in [0.1, 0.15) is 32.3 Å². The lowest BCUT2D eigenvalue weighted by molar-refractivity contribution is -0.136. The number of imide groups is 1. The summed E-state index contributed by atoms with van der Waals surface area (Å²) in [5.41, 5.74) is 2.29. The average molecular weight is 408 g/mol. The van der Waals surface area contributed by atoms with Crippen molar-refractivity contribution in [2.45, 2.75) is 26.7 Å². The van der Waals surface area contributed by atoms with Gasteiger partial charge in [0.05, 0.1) is 19.8 Å². The quantitative estimate of drug-likeness (QED) is 0.585. The molecule has 2 amide bonds. The summed E-state index contributed by atoms with van der Waals surface area (Å²) in [5, 5.41) is 0. The van der Waals surface area contributed by atoms with Crippen molar-refractivity contribution in [3.05, 3.63) is 59.8 Å². The minimum atomic E-state index is -0.273. The van der Waals surface area contributed by atoms with Crippen molar-refractivity contribution < 1.29 is 19.1 Å². The van der Waals surface area contributed by atoms with Crippen LogP contribution in [0.15, 0.2) is 54.2 Å². The maximum absolute atomic E-state index is 13.4. The van der Waals surface area contributed by atoms with Gasteiger partial charge >= 0.3 is 0 Å². The molecular formula is C24H28N2O4. The Kier molecular flexibility index (Phi) is 6.77. The van der Waals surface area contributed by atoms with Crippen LogP contribution in [0.2, 0.25) is 0 Å². The van der Waals surface area contributed by atoms with E-state index >= 15 is 0 Å². The lowest BCUT2D eigenvalue weighted by Gasteiger charge is -2.25. The molecule has 3 rings (SSSR count). The maximum atomic E-state index is 13.4. The fourth-order valence-electron chi connectivity index (χ4n) is 3.66. The van der Waals surface area contributed by atoms with Gasteiger partial charge in [-0.15, -0.1) is 0 Å². The Morgan fingerprint density at radius 2 is 1.60 bits per heavy atom. The van der Waals surface area contributed by atoms with Crippen molar-refractivity contribution in [1.29, 1.82) is 0 Å². The molecule has 0 atom stereocenters. The van der Waals surface area contributed by atoms with Gasteiger partial charge in [-0.3, -0.25) is 14.5 Å². The van der Waals surface area contributed by atoms with Crippen molar-refractivity contribution in [1.82, 2.24) is 4.90 Å². The largest absolute Gasteiger partial charge is 0.493 e. The lowest BCUT2D eigenvalue weighted by atomic mass is 10.0. The topological polar surface area (TPSA) is 59.1 Å². The fourth-order valence-corrected chi connectivity index (χ4v) is 3.66. The van der Waals surface area contributed by atoms with Crippen molar-refractivity contribution in [3.8, 4) is 11.5 Å². The molecule has 0 spiro atoms. The molecular weight excluding hydrogens is 380 g/mol. The molecule has 0 unspecified atom stereocenters. The molecule has 1 heterocycles. The maximum Gasteiger partial charge on any atom is 0.278 e. The van der Waals surface area contributed by atoms with Gasteiger partial charge in [0.1, 0.15) is 5.70 Å². The Balaban J connectivity index is 2.18. The third kappa shape index (κ3) is 3.90. The first kappa shape index (κ1) is 21.4.